The predicted octanol–water partition coefficient (Wildman–Crippen LogP) is 3.37. The van der Waals surface area contributed by atoms with E-state index in [0.29, 0.717) is 12.1 Å². The minimum absolute atomic E-state index is 0.466. The van der Waals surface area contributed by atoms with Gasteiger partial charge in [0.25, 0.3) is 0 Å². The van der Waals surface area contributed by atoms with E-state index in [0.717, 1.165) is 27.8 Å². The Balaban J connectivity index is 1.59. The molecule has 2 heterocycles. The quantitative estimate of drug-likeness (QED) is 0.780. The van der Waals surface area contributed by atoms with Crippen molar-refractivity contribution in [2.24, 2.45) is 0 Å². The van der Waals surface area contributed by atoms with Gasteiger partial charge in [-0.3, -0.25) is 0 Å². The maximum absolute atomic E-state index is 4.53. The van der Waals surface area contributed by atoms with E-state index in [9.17, 15) is 0 Å². The van der Waals surface area contributed by atoms with Gasteiger partial charge in [-0.1, -0.05) is 6.07 Å². The third-order valence-electron chi connectivity index (χ3n) is 5.30. The van der Waals surface area contributed by atoms with Crippen molar-refractivity contribution in [1.82, 2.24) is 24.8 Å². The van der Waals surface area contributed by atoms with E-state index in [-0.39, 0.29) is 0 Å². The van der Waals surface area contributed by atoms with Crippen LogP contribution in [0.4, 0.5) is 5.82 Å². The molecule has 1 aliphatic rings. The van der Waals surface area contributed by atoms with Crippen molar-refractivity contribution >= 4 is 16.7 Å². The maximum atomic E-state index is 4.53. The van der Waals surface area contributed by atoms with Crippen LogP contribution in [0.5, 0.6) is 0 Å². The molecule has 1 N–H and O–H groups in total. The molecule has 1 aliphatic carbocycles. The van der Waals surface area contributed by atoms with E-state index >= 15 is 0 Å². The molecule has 0 saturated heterocycles. The Kier molecular flexibility index (Phi) is 4.75. The van der Waals surface area contributed by atoms with Gasteiger partial charge in [-0.2, -0.15) is 0 Å². The smallest absolute Gasteiger partial charge is 0.137 e. The van der Waals surface area contributed by atoms with Gasteiger partial charge in [0.05, 0.1) is 5.52 Å². The molecule has 1 fully saturated rings. The molecule has 26 heavy (non-hydrogen) atoms. The van der Waals surface area contributed by atoms with Crippen molar-refractivity contribution < 1.29 is 0 Å². The summed E-state index contributed by atoms with van der Waals surface area (Å²) in [6, 6.07) is 7.38. The Hall–Kier alpha value is -2.60. The molecule has 0 bridgehead atoms. The van der Waals surface area contributed by atoms with E-state index < -0.39 is 0 Å². The number of nitrogens with zero attached hydrogens (tertiary/aromatic N) is 5. The van der Waals surface area contributed by atoms with Crippen molar-refractivity contribution in [3.05, 3.63) is 43.2 Å². The Labute approximate surface area is 153 Å². The summed E-state index contributed by atoms with van der Waals surface area (Å²) in [6.45, 7) is 0. The second-order valence-electron chi connectivity index (χ2n) is 7.19. The molecule has 4 rings (SSSR count). The number of benzene rings is 1. The Morgan fingerprint density at radius 2 is 1.69 bits per heavy atom. The molecule has 0 radical (unpaired) electrons. The van der Waals surface area contributed by atoms with Crippen LogP contribution >= 0.6 is 0 Å². The molecular formula is C20H24N6. The van der Waals surface area contributed by atoms with Crippen LogP contribution < -0.4 is 5.32 Å². The van der Waals surface area contributed by atoms with Gasteiger partial charge in [0.2, 0.25) is 0 Å². The van der Waals surface area contributed by atoms with Gasteiger partial charge in [0, 0.05) is 35.4 Å². The van der Waals surface area contributed by atoms with E-state index in [1.807, 2.05) is 18.5 Å². The molecule has 6 nitrogen and oxygen atoms in total. The van der Waals surface area contributed by atoms with Crippen LogP contribution in [0.2, 0.25) is 0 Å². The standard InChI is InChI=1S/C20H24N6/c1-26(2)17-6-4-16(5-7-17)25-20-18-9-14(15-10-21-12-22-11-15)3-8-19(18)23-13-24-20/h3,8-13,16-17H,4-7H2,1-2H3,(H,23,24,25). The summed E-state index contributed by atoms with van der Waals surface area (Å²) in [6.07, 6.45) is 11.6. The van der Waals surface area contributed by atoms with Crippen molar-refractivity contribution in [3.63, 3.8) is 0 Å². The van der Waals surface area contributed by atoms with Crippen LogP contribution in [0.1, 0.15) is 25.7 Å². The molecule has 0 atom stereocenters. The lowest BCUT2D eigenvalue weighted by molar-refractivity contribution is 0.221. The maximum Gasteiger partial charge on any atom is 0.137 e. The van der Waals surface area contributed by atoms with E-state index in [4.69, 9.17) is 0 Å². The summed E-state index contributed by atoms with van der Waals surface area (Å²) in [5.41, 5.74) is 3.02. The second kappa shape index (κ2) is 7.33. The summed E-state index contributed by atoms with van der Waals surface area (Å²) < 4.78 is 0. The third-order valence-corrected chi connectivity index (χ3v) is 5.30. The second-order valence-corrected chi connectivity index (χ2v) is 7.19. The van der Waals surface area contributed by atoms with Gasteiger partial charge < -0.3 is 10.2 Å². The number of hydrogen-bond donors (Lipinski definition) is 1. The summed E-state index contributed by atoms with van der Waals surface area (Å²) >= 11 is 0. The zero-order valence-electron chi connectivity index (χ0n) is 15.3. The van der Waals surface area contributed by atoms with E-state index in [1.54, 1.807) is 12.7 Å². The molecule has 134 valence electrons. The van der Waals surface area contributed by atoms with E-state index in [2.05, 4.69) is 56.4 Å². The van der Waals surface area contributed by atoms with Crippen molar-refractivity contribution in [1.29, 1.82) is 0 Å². The number of fused-ring (bicyclic) bond motifs is 1. The molecule has 1 aromatic carbocycles. The topological polar surface area (TPSA) is 66.8 Å². The first-order chi connectivity index (χ1) is 12.7. The normalized spacial score (nSPS) is 20.4. The fourth-order valence-electron chi connectivity index (χ4n) is 3.73. The average molecular weight is 348 g/mol. The molecule has 0 aliphatic heterocycles. The minimum atomic E-state index is 0.466. The minimum Gasteiger partial charge on any atom is -0.367 e. The summed E-state index contributed by atoms with van der Waals surface area (Å²) in [5.74, 6) is 0.919. The van der Waals surface area contributed by atoms with Gasteiger partial charge in [-0.25, -0.2) is 19.9 Å². The first kappa shape index (κ1) is 16.8. The third kappa shape index (κ3) is 3.51. The molecule has 0 unspecified atom stereocenters. The molecule has 6 heteroatoms. The highest BCUT2D eigenvalue weighted by molar-refractivity contribution is 5.92. The van der Waals surface area contributed by atoms with Crippen molar-refractivity contribution in [3.8, 4) is 11.1 Å². The van der Waals surface area contributed by atoms with Crippen molar-refractivity contribution in [2.75, 3.05) is 19.4 Å². The molecule has 0 amide bonds. The highest BCUT2D eigenvalue weighted by Crippen LogP contribution is 2.29. The lowest BCUT2D eigenvalue weighted by Gasteiger charge is -2.33. The molecule has 2 aromatic heterocycles. The highest BCUT2D eigenvalue weighted by Gasteiger charge is 2.23. The van der Waals surface area contributed by atoms with Gasteiger partial charge in [-0.05, 0) is 57.5 Å². The van der Waals surface area contributed by atoms with Gasteiger partial charge in [-0.15, -0.1) is 0 Å². The summed E-state index contributed by atoms with van der Waals surface area (Å²) in [7, 11) is 4.34. The number of nitrogens with one attached hydrogen (secondary N) is 1. The monoisotopic (exact) mass is 348 g/mol. The number of aromatic nitrogens is 4. The molecule has 0 spiro atoms. The number of hydrogen-bond acceptors (Lipinski definition) is 6. The zero-order chi connectivity index (χ0) is 17.9. The van der Waals surface area contributed by atoms with Crippen LogP contribution in [0.15, 0.2) is 43.2 Å². The van der Waals surface area contributed by atoms with Crippen molar-refractivity contribution in [2.45, 2.75) is 37.8 Å². The summed E-state index contributed by atoms with van der Waals surface area (Å²) in [4.78, 5) is 19.5. The summed E-state index contributed by atoms with van der Waals surface area (Å²) in [5, 5.41) is 4.71. The molecule has 3 aromatic rings. The zero-order valence-corrected chi connectivity index (χ0v) is 15.3. The highest BCUT2D eigenvalue weighted by atomic mass is 15.1. The van der Waals surface area contributed by atoms with Crippen LogP contribution in [-0.4, -0.2) is 51.0 Å². The largest absolute Gasteiger partial charge is 0.367 e. The van der Waals surface area contributed by atoms with Crippen LogP contribution in [0.25, 0.3) is 22.0 Å². The first-order valence-corrected chi connectivity index (χ1v) is 9.14. The van der Waals surface area contributed by atoms with Gasteiger partial charge >= 0.3 is 0 Å². The molecule has 1 saturated carbocycles. The predicted molar refractivity (Wildman–Crippen MR) is 104 cm³/mol. The number of rotatable bonds is 4. The van der Waals surface area contributed by atoms with E-state index in [1.165, 1.54) is 25.7 Å². The lowest BCUT2D eigenvalue weighted by atomic mass is 9.90. The Morgan fingerprint density at radius 1 is 0.923 bits per heavy atom. The fourth-order valence-corrected chi connectivity index (χ4v) is 3.73. The Morgan fingerprint density at radius 3 is 2.42 bits per heavy atom. The first-order valence-electron chi connectivity index (χ1n) is 9.14. The van der Waals surface area contributed by atoms with Crippen LogP contribution in [0.3, 0.4) is 0 Å². The van der Waals surface area contributed by atoms with Gasteiger partial charge in [0.1, 0.15) is 18.5 Å². The Bertz CT molecular complexity index is 872. The van der Waals surface area contributed by atoms with Crippen LogP contribution in [0, 0.1) is 0 Å². The SMILES string of the molecule is CN(C)C1CCC(Nc2ncnc3ccc(-c4cncnc4)cc23)CC1. The lowest BCUT2D eigenvalue weighted by Crippen LogP contribution is -2.36. The average Bonchev–Trinajstić information content (AvgIpc) is 2.69. The fraction of sp³-hybridized carbons (Fsp3) is 0.400. The molecular weight excluding hydrogens is 324 g/mol. The van der Waals surface area contributed by atoms with Crippen LogP contribution in [-0.2, 0) is 0 Å². The number of anilines is 1. The van der Waals surface area contributed by atoms with Gasteiger partial charge in [0.15, 0.2) is 0 Å².